The summed E-state index contributed by atoms with van der Waals surface area (Å²) < 4.78 is 25.9. The summed E-state index contributed by atoms with van der Waals surface area (Å²) in [6.45, 7) is 1.11. The highest BCUT2D eigenvalue weighted by Crippen LogP contribution is 2.23. The topological polar surface area (TPSA) is 65.0 Å². The van der Waals surface area contributed by atoms with Crippen molar-refractivity contribution in [3.63, 3.8) is 0 Å². The smallest absolute Gasteiger partial charge is 0.252 e. The van der Waals surface area contributed by atoms with Gasteiger partial charge in [0.2, 0.25) is 0 Å². The van der Waals surface area contributed by atoms with Crippen molar-refractivity contribution in [2.45, 2.75) is 17.3 Å². The summed E-state index contributed by atoms with van der Waals surface area (Å²) in [7, 11) is 3.30. The van der Waals surface area contributed by atoms with E-state index in [0.717, 1.165) is 10.4 Å². The Morgan fingerprint density at radius 1 is 1.19 bits per heavy atom. The molecule has 0 unspecified atom stereocenters. The number of guanidine groups is 1. The molecule has 1 aromatic carbocycles. The first-order chi connectivity index (χ1) is 12.3. The summed E-state index contributed by atoms with van der Waals surface area (Å²) in [6, 6.07) is 11.1. The van der Waals surface area contributed by atoms with E-state index >= 15 is 0 Å². The van der Waals surface area contributed by atoms with Gasteiger partial charge >= 0.3 is 0 Å². The zero-order valence-electron chi connectivity index (χ0n) is 15.2. The molecule has 1 heterocycles. The predicted molar refractivity (Wildman–Crippen MR) is 108 cm³/mol. The fourth-order valence-corrected chi connectivity index (χ4v) is 4.94. The van der Waals surface area contributed by atoms with Crippen molar-refractivity contribution in [1.29, 1.82) is 0 Å². The predicted octanol–water partition coefficient (Wildman–Crippen LogP) is 2.86. The molecule has 0 atom stereocenters. The van der Waals surface area contributed by atoms with E-state index in [2.05, 4.69) is 10.3 Å². The SMILES string of the molecule is CN=C(NCc1ccc(S(=O)(=O)N(C)C)s1)N(C)Cc1ccccc1Cl. The molecule has 142 valence electrons. The molecule has 9 heteroatoms. The normalized spacial score (nSPS) is 12.5. The molecule has 0 saturated heterocycles. The van der Waals surface area contributed by atoms with Gasteiger partial charge in [-0.3, -0.25) is 4.99 Å². The summed E-state index contributed by atoms with van der Waals surface area (Å²) >= 11 is 7.47. The molecule has 0 aliphatic heterocycles. The van der Waals surface area contributed by atoms with Crippen LogP contribution in [-0.2, 0) is 23.1 Å². The van der Waals surface area contributed by atoms with Crippen LogP contribution in [0.25, 0.3) is 0 Å². The molecule has 0 radical (unpaired) electrons. The molecule has 6 nitrogen and oxygen atoms in total. The summed E-state index contributed by atoms with van der Waals surface area (Å²) in [5.74, 6) is 0.704. The van der Waals surface area contributed by atoms with Crippen LogP contribution in [0.3, 0.4) is 0 Å². The maximum Gasteiger partial charge on any atom is 0.252 e. The van der Waals surface area contributed by atoms with E-state index in [1.165, 1.54) is 29.7 Å². The highest BCUT2D eigenvalue weighted by Gasteiger charge is 2.19. The van der Waals surface area contributed by atoms with Gasteiger partial charge in [-0.25, -0.2) is 12.7 Å². The van der Waals surface area contributed by atoms with Crippen molar-refractivity contribution < 1.29 is 8.42 Å². The molecule has 0 amide bonds. The van der Waals surface area contributed by atoms with Crippen LogP contribution in [0.4, 0.5) is 0 Å². The second kappa shape index (κ2) is 8.85. The Hall–Kier alpha value is -1.61. The lowest BCUT2D eigenvalue weighted by atomic mass is 10.2. The molecular weight excluding hydrogens is 392 g/mol. The van der Waals surface area contributed by atoms with E-state index < -0.39 is 10.0 Å². The minimum Gasteiger partial charge on any atom is -0.351 e. The number of hydrogen-bond donors (Lipinski definition) is 1. The monoisotopic (exact) mass is 414 g/mol. The van der Waals surface area contributed by atoms with E-state index in [-0.39, 0.29) is 0 Å². The molecule has 1 N–H and O–H groups in total. The van der Waals surface area contributed by atoms with E-state index in [0.29, 0.717) is 28.3 Å². The number of halogens is 1. The highest BCUT2D eigenvalue weighted by atomic mass is 35.5. The highest BCUT2D eigenvalue weighted by molar-refractivity contribution is 7.91. The minimum atomic E-state index is -3.39. The van der Waals surface area contributed by atoms with Gasteiger partial charge in [0.25, 0.3) is 10.0 Å². The number of benzene rings is 1. The average molecular weight is 415 g/mol. The van der Waals surface area contributed by atoms with Crippen molar-refractivity contribution in [2.24, 2.45) is 4.99 Å². The largest absolute Gasteiger partial charge is 0.351 e. The number of sulfonamides is 1. The zero-order chi connectivity index (χ0) is 19.3. The number of thiophene rings is 1. The maximum absolute atomic E-state index is 12.2. The molecule has 1 aromatic heterocycles. The molecule has 0 fully saturated rings. The number of rotatable bonds is 6. The molecule has 26 heavy (non-hydrogen) atoms. The van der Waals surface area contributed by atoms with Crippen molar-refractivity contribution in [3.8, 4) is 0 Å². The van der Waals surface area contributed by atoms with Crippen LogP contribution < -0.4 is 5.32 Å². The standard InChI is InChI=1S/C17H23ClN4O2S2/c1-19-17(22(4)12-13-7-5-6-8-15(13)18)20-11-14-9-10-16(25-14)26(23,24)21(2)3/h5-10H,11-12H2,1-4H3,(H,19,20). The van der Waals surface area contributed by atoms with Gasteiger partial charge in [-0.2, -0.15) is 0 Å². The van der Waals surface area contributed by atoms with Gasteiger partial charge in [0.05, 0.1) is 6.54 Å². The number of aliphatic imine (C=N–C) groups is 1. The van der Waals surface area contributed by atoms with E-state index in [1.54, 1.807) is 13.1 Å². The lowest BCUT2D eigenvalue weighted by Crippen LogP contribution is -2.37. The lowest BCUT2D eigenvalue weighted by molar-refractivity contribution is 0.477. The molecule has 0 aliphatic carbocycles. The molecule has 2 aromatic rings. The van der Waals surface area contributed by atoms with Crippen molar-refractivity contribution in [2.75, 3.05) is 28.2 Å². The van der Waals surface area contributed by atoms with Crippen molar-refractivity contribution in [1.82, 2.24) is 14.5 Å². The first-order valence-corrected chi connectivity index (χ1v) is 10.6. The Kier molecular flexibility index (Phi) is 7.05. The Labute approximate surface area is 164 Å². The molecular formula is C17H23ClN4O2S2. The van der Waals surface area contributed by atoms with Gasteiger partial charge in [0.15, 0.2) is 5.96 Å². The Morgan fingerprint density at radius 2 is 1.88 bits per heavy atom. The summed E-state index contributed by atoms with van der Waals surface area (Å²) in [4.78, 5) is 7.16. The molecule has 0 saturated carbocycles. The second-order valence-corrected chi connectivity index (χ2v) is 9.81. The van der Waals surface area contributed by atoms with Crippen LogP contribution in [0.1, 0.15) is 10.4 Å². The molecule has 0 spiro atoms. The van der Waals surface area contributed by atoms with Gasteiger partial charge in [0, 0.05) is 44.6 Å². The van der Waals surface area contributed by atoms with Crippen molar-refractivity contribution in [3.05, 3.63) is 51.9 Å². The average Bonchev–Trinajstić information content (AvgIpc) is 3.07. The minimum absolute atomic E-state index is 0.332. The van der Waals surface area contributed by atoms with Gasteiger partial charge in [0.1, 0.15) is 4.21 Å². The number of hydrogen-bond acceptors (Lipinski definition) is 4. The summed E-state index contributed by atoms with van der Waals surface area (Å²) in [5.41, 5.74) is 1.01. The number of nitrogens with one attached hydrogen (secondary N) is 1. The lowest BCUT2D eigenvalue weighted by Gasteiger charge is -2.22. The van der Waals surface area contributed by atoms with Gasteiger partial charge in [-0.05, 0) is 23.8 Å². The van der Waals surface area contributed by atoms with Crippen LogP contribution in [-0.4, -0.2) is 51.8 Å². The maximum atomic E-state index is 12.2. The van der Waals surface area contributed by atoms with Crippen molar-refractivity contribution >= 4 is 38.9 Å². The molecule has 2 rings (SSSR count). The van der Waals surface area contributed by atoms with Gasteiger partial charge in [-0.1, -0.05) is 29.8 Å². The second-order valence-electron chi connectivity index (χ2n) is 5.86. The Balaban J connectivity index is 2.01. The molecule has 0 aliphatic rings. The number of nitrogens with zero attached hydrogens (tertiary/aromatic N) is 3. The van der Waals surface area contributed by atoms with Crippen LogP contribution >= 0.6 is 22.9 Å². The first kappa shape index (κ1) is 20.7. The van der Waals surface area contributed by atoms with Gasteiger partial charge in [-0.15, -0.1) is 11.3 Å². The van der Waals surface area contributed by atoms with Crippen LogP contribution in [0, 0.1) is 0 Å². The Morgan fingerprint density at radius 3 is 2.50 bits per heavy atom. The van der Waals surface area contributed by atoms with E-state index in [4.69, 9.17) is 11.6 Å². The third kappa shape index (κ3) is 4.97. The zero-order valence-corrected chi connectivity index (χ0v) is 17.6. The van der Waals surface area contributed by atoms with Gasteiger partial charge < -0.3 is 10.2 Å². The summed E-state index contributed by atoms with van der Waals surface area (Å²) in [5, 5.41) is 3.97. The fourth-order valence-electron chi connectivity index (χ4n) is 2.28. The summed E-state index contributed by atoms with van der Waals surface area (Å²) in [6.07, 6.45) is 0. The molecule has 0 bridgehead atoms. The van der Waals surface area contributed by atoms with Crippen LogP contribution in [0.15, 0.2) is 45.6 Å². The third-order valence-corrected chi connectivity index (χ3v) is 7.47. The Bertz CT molecular complexity index is 878. The first-order valence-electron chi connectivity index (χ1n) is 7.92. The van der Waals surface area contributed by atoms with E-state index in [9.17, 15) is 8.42 Å². The van der Waals surface area contributed by atoms with Crippen LogP contribution in [0.2, 0.25) is 5.02 Å². The van der Waals surface area contributed by atoms with E-state index in [1.807, 2.05) is 42.3 Å². The fraction of sp³-hybridized carbons (Fsp3) is 0.353. The van der Waals surface area contributed by atoms with Crippen LogP contribution in [0.5, 0.6) is 0 Å². The third-order valence-electron chi connectivity index (χ3n) is 3.73. The quantitative estimate of drug-likeness (QED) is 0.583.